The van der Waals surface area contributed by atoms with Gasteiger partial charge in [-0.2, -0.15) is 0 Å². The van der Waals surface area contributed by atoms with Crippen LogP contribution in [0.3, 0.4) is 0 Å². The fourth-order valence-electron chi connectivity index (χ4n) is 2.22. The molecule has 1 heterocycles. The Bertz CT molecular complexity index is 805. The lowest BCUT2D eigenvalue weighted by atomic mass is 10.1. The van der Waals surface area contributed by atoms with Crippen LogP contribution in [0, 0.1) is 0 Å². The highest BCUT2D eigenvalue weighted by molar-refractivity contribution is 6.32. The third kappa shape index (κ3) is 2.58. The lowest BCUT2D eigenvalue weighted by Crippen LogP contribution is -1.95. The highest BCUT2D eigenvalue weighted by atomic mass is 35.5. The van der Waals surface area contributed by atoms with E-state index in [0.717, 1.165) is 22.1 Å². The van der Waals surface area contributed by atoms with Crippen LogP contribution in [0.5, 0.6) is 5.75 Å². The van der Waals surface area contributed by atoms with Crippen molar-refractivity contribution in [1.29, 1.82) is 0 Å². The molecule has 21 heavy (non-hydrogen) atoms. The van der Waals surface area contributed by atoms with Gasteiger partial charge in [0.05, 0.1) is 12.1 Å². The Labute approximate surface area is 127 Å². The molecule has 4 nitrogen and oxygen atoms in total. The van der Waals surface area contributed by atoms with Gasteiger partial charge in [0.2, 0.25) is 0 Å². The summed E-state index contributed by atoms with van der Waals surface area (Å²) < 4.78 is 5.15. The molecule has 2 aromatic carbocycles. The number of nitrogens with two attached hydrogens (primary N) is 1. The van der Waals surface area contributed by atoms with Crippen LogP contribution >= 0.6 is 11.6 Å². The Hall–Kier alpha value is -2.46. The second kappa shape index (κ2) is 5.50. The van der Waals surface area contributed by atoms with Crippen LogP contribution in [-0.2, 0) is 0 Å². The largest absolute Gasteiger partial charge is 0.495 e. The van der Waals surface area contributed by atoms with Gasteiger partial charge in [-0.15, -0.1) is 0 Å². The van der Waals surface area contributed by atoms with Crippen molar-refractivity contribution in [2.45, 2.75) is 0 Å². The van der Waals surface area contributed by atoms with E-state index in [9.17, 15) is 0 Å². The number of nitrogen functional groups attached to an aromatic ring is 1. The van der Waals surface area contributed by atoms with E-state index in [1.54, 1.807) is 19.5 Å². The third-order valence-electron chi connectivity index (χ3n) is 3.28. The predicted molar refractivity (Wildman–Crippen MR) is 87.4 cm³/mol. The van der Waals surface area contributed by atoms with E-state index in [-0.39, 0.29) is 0 Å². The molecule has 0 aliphatic heterocycles. The number of anilines is 3. The van der Waals surface area contributed by atoms with Gasteiger partial charge in [0, 0.05) is 40.2 Å². The van der Waals surface area contributed by atoms with Gasteiger partial charge < -0.3 is 15.8 Å². The molecule has 0 radical (unpaired) electrons. The first-order chi connectivity index (χ1) is 10.2. The van der Waals surface area contributed by atoms with Crippen molar-refractivity contribution in [1.82, 2.24) is 4.98 Å². The Morgan fingerprint density at radius 3 is 2.76 bits per heavy atom. The van der Waals surface area contributed by atoms with E-state index in [2.05, 4.69) is 10.3 Å². The molecule has 0 bridgehead atoms. The Balaban J connectivity index is 2.02. The van der Waals surface area contributed by atoms with E-state index in [1.807, 2.05) is 36.4 Å². The molecule has 3 rings (SSSR count). The van der Waals surface area contributed by atoms with Crippen molar-refractivity contribution in [2.24, 2.45) is 0 Å². The number of benzene rings is 2. The molecule has 3 N–H and O–H groups in total. The minimum Gasteiger partial charge on any atom is -0.495 e. The summed E-state index contributed by atoms with van der Waals surface area (Å²) in [5.41, 5.74) is 8.51. The highest BCUT2D eigenvalue weighted by Crippen LogP contribution is 2.32. The molecule has 0 spiro atoms. The lowest BCUT2D eigenvalue weighted by molar-refractivity contribution is 0.415. The summed E-state index contributed by atoms with van der Waals surface area (Å²) >= 11 is 6.14. The molecule has 0 saturated carbocycles. The summed E-state index contributed by atoms with van der Waals surface area (Å²) in [7, 11) is 1.59. The minimum absolute atomic E-state index is 0.559. The highest BCUT2D eigenvalue weighted by Gasteiger charge is 2.06. The molecular formula is C16H14ClN3O. The second-order valence-corrected chi connectivity index (χ2v) is 5.01. The number of methoxy groups -OCH3 is 1. The van der Waals surface area contributed by atoms with Gasteiger partial charge >= 0.3 is 0 Å². The molecule has 1 aromatic heterocycles. The maximum atomic E-state index is 6.14. The van der Waals surface area contributed by atoms with Crippen LogP contribution in [-0.4, -0.2) is 12.1 Å². The minimum atomic E-state index is 0.559. The molecule has 0 amide bonds. The quantitative estimate of drug-likeness (QED) is 0.711. The van der Waals surface area contributed by atoms with E-state index >= 15 is 0 Å². The number of fused-ring (bicyclic) bond motifs is 1. The summed E-state index contributed by atoms with van der Waals surface area (Å²) in [6.07, 6.45) is 3.50. The van der Waals surface area contributed by atoms with Gasteiger partial charge in [0.15, 0.2) is 0 Å². The molecule has 0 unspecified atom stereocenters. The zero-order valence-electron chi connectivity index (χ0n) is 11.4. The normalized spacial score (nSPS) is 10.6. The monoisotopic (exact) mass is 299 g/mol. The average molecular weight is 300 g/mol. The van der Waals surface area contributed by atoms with Crippen LogP contribution in [0.25, 0.3) is 10.8 Å². The molecule has 0 aliphatic rings. The number of hydrogen-bond donors (Lipinski definition) is 2. The standard InChI is InChI=1S/C16H14ClN3O/c1-21-16-5-2-10(8-13(16)17)20-15-4-3-14(18)12-9-19-7-6-11(12)15/h2-9,20H,18H2,1H3. The zero-order chi connectivity index (χ0) is 14.8. The predicted octanol–water partition coefficient (Wildman–Crippen LogP) is 4.22. The Morgan fingerprint density at radius 1 is 1.14 bits per heavy atom. The molecular weight excluding hydrogens is 286 g/mol. The summed E-state index contributed by atoms with van der Waals surface area (Å²) in [6, 6.07) is 11.3. The summed E-state index contributed by atoms with van der Waals surface area (Å²) in [5, 5.41) is 5.83. The lowest BCUT2D eigenvalue weighted by Gasteiger charge is -2.12. The number of pyridine rings is 1. The van der Waals surface area contributed by atoms with Gasteiger partial charge in [-0.25, -0.2) is 0 Å². The van der Waals surface area contributed by atoms with E-state index in [1.165, 1.54) is 0 Å². The number of hydrogen-bond acceptors (Lipinski definition) is 4. The van der Waals surface area contributed by atoms with Crippen molar-refractivity contribution >= 4 is 39.4 Å². The van der Waals surface area contributed by atoms with Gasteiger partial charge in [-0.3, -0.25) is 4.98 Å². The van der Waals surface area contributed by atoms with Crippen molar-refractivity contribution in [3.8, 4) is 5.75 Å². The van der Waals surface area contributed by atoms with Crippen LogP contribution in [0.4, 0.5) is 17.1 Å². The Morgan fingerprint density at radius 2 is 2.00 bits per heavy atom. The van der Waals surface area contributed by atoms with Crippen LogP contribution in [0.2, 0.25) is 5.02 Å². The van der Waals surface area contributed by atoms with Crippen LogP contribution < -0.4 is 15.8 Å². The summed E-state index contributed by atoms with van der Waals surface area (Å²) in [5.74, 6) is 0.647. The van der Waals surface area contributed by atoms with Crippen LogP contribution in [0.1, 0.15) is 0 Å². The van der Waals surface area contributed by atoms with Crippen molar-refractivity contribution in [3.63, 3.8) is 0 Å². The number of ether oxygens (including phenoxy) is 1. The van der Waals surface area contributed by atoms with E-state index < -0.39 is 0 Å². The molecule has 5 heteroatoms. The fraction of sp³-hybridized carbons (Fsp3) is 0.0625. The molecule has 0 saturated heterocycles. The molecule has 106 valence electrons. The van der Waals surface area contributed by atoms with E-state index in [4.69, 9.17) is 22.1 Å². The third-order valence-corrected chi connectivity index (χ3v) is 3.58. The first-order valence-electron chi connectivity index (χ1n) is 6.42. The SMILES string of the molecule is COc1ccc(Nc2ccc(N)c3cnccc23)cc1Cl. The molecule has 0 fully saturated rings. The van der Waals surface area contributed by atoms with Crippen molar-refractivity contribution in [3.05, 3.63) is 53.8 Å². The average Bonchev–Trinajstić information content (AvgIpc) is 2.51. The fourth-order valence-corrected chi connectivity index (χ4v) is 2.48. The van der Waals surface area contributed by atoms with Gasteiger partial charge in [-0.05, 0) is 36.4 Å². The maximum absolute atomic E-state index is 6.14. The molecule has 0 atom stereocenters. The van der Waals surface area contributed by atoms with E-state index in [0.29, 0.717) is 16.5 Å². The summed E-state index contributed by atoms with van der Waals surface area (Å²) in [6.45, 7) is 0. The number of halogens is 1. The maximum Gasteiger partial charge on any atom is 0.137 e. The smallest absolute Gasteiger partial charge is 0.137 e. The van der Waals surface area contributed by atoms with Gasteiger partial charge in [0.25, 0.3) is 0 Å². The number of rotatable bonds is 3. The first kappa shape index (κ1) is 13.5. The van der Waals surface area contributed by atoms with Gasteiger partial charge in [-0.1, -0.05) is 11.6 Å². The molecule has 0 aliphatic carbocycles. The summed E-state index contributed by atoms with van der Waals surface area (Å²) in [4.78, 5) is 4.11. The topological polar surface area (TPSA) is 60.2 Å². The van der Waals surface area contributed by atoms with Crippen LogP contribution in [0.15, 0.2) is 48.8 Å². The van der Waals surface area contributed by atoms with Gasteiger partial charge in [0.1, 0.15) is 5.75 Å². The Kier molecular flexibility index (Phi) is 3.54. The van der Waals surface area contributed by atoms with Crippen molar-refractivity contribution in [2.75, 3.05) is 18.2 Å². The zero-order valence-corrected chi connectivity index (χ0v) is 12.2. The number of nitrogens with one attached hydrogen (secondary N) is 1. The second-order valence-electron chi connectivity index (χ2n) is 4.60. The van der Waals surface area contributed by atoms with Crippen molar-refractivity contribution < 1.29 is 4.74 Å². The number of aromatic nitrogens is 1. The number of nitrogens with zero attached hydrogens (tertiary/aromatic N) is 1. The molecule has 3 aromatic rings. The first-order valence-corrected chi connectivity index (χ1v) is 6.79.